The van der Waals surface area contributed by atoms with Crippen molar-refractivity contribution in [3.63, 3.8) is 0 Å². The van der Waals surface area contributed by atoms with Crippen molar-refractivity contribution in [3.05, 3.63) is 114 Å². The number of aromatic nitrogens is 2. The number of nitrogens with one attached hydrogen (secondary N) is 1. The molecule has 0 radical (unpaired) electrons. The van der Waals surface area contributed by atoms with Crippen molar-refractivity contribution < 1.29 is 17.6 Å². The molecule has 2 aliphatic rings. The Morgan fingerprint density at radius 1 is 1.10 bits per heavy atom. The third kappa shape index (κ3) is 5.31. The van der Waals surface area contributed by atoms with Gasteiger partial charge in [-0.05, 0) is 84.7 Å². The molecule has 40 heavy (non-hydrogen) atoms. The lowest BCUT2D eigenvalue weighted by atomic mass is 9.87. The number of imidazole rings is 1. The van der Waals surface area contributed by atoms with Gasteiger partial charge in [0.1, 0.15) is 11.6 Å². The van der Waals surface area contributed by atoms with Crippen molar-refractivity contribution in [3.8, 4) is 0 Å². The van der Waals surface area contributed by atoms with E-state index in [1.54, 1.807) is 53.6 Å². The Bertz CT molecular complexity index is 1640. The Morgan fingerprint density at radius 2 is 1.88 bits per heavy atom. The lowest BCUT2D eigenvalue weighted by molar-refractivity contribution is -0.120. The summed E-state index contributed by atoms with van der Waals surface area (Å²) < 4.78 is 44.6. The molecule has 4 aromatic rings. The lowest BCUT2D eigenvalue weighted by Gasteiger charge is -2.29. The number of aryl methyl sites for hydroxylation is 2. The minimum Gasteiger partial charge on any atom is -0.337 e. The summed E-state index contributed by atoms with van der Waals surface area (Å²) >= 11 is 0. The first-order valence-corrected chi connectivity index (χ1v) is 15.0. The van der Waals surface area contributed by atoms with Crippen molar-refractivity contribution in [2.45, 2.75) is 49.1 Å². The van der Waals surface area contributed by atoms with E-state index < -0.39 is 16.1 Å². The van der Waals surface area contributed by atoms with E-state index in [1.807, 2.05) is 36.0 Å². The van der Waals surface area contributed by atoms with Gasteiger partial charge in [0.05, 0.1) is 11.4 Å². The van der Waals surface area contributed by atoms with Crippen LogP contribution >= 0.6 is 0 Å². The van der Waals surface area contributed by atoms with Gasteiger partial charge in [0.15, 0.2) is 0 Å². The molecule has 3 aromatic carbocycles. The normalized spacial score (nSPS) is 20.1. The number of rotatable bonds is 8. The molecule has 1 fully saturated rings. The highest BCUT2D eigenvalue weighted by molar-refractivity contribution is 7.89. The van der Waals surface area contributed by atoms with E-state index in [4.69, 9.17) is 0 Å². The molecule has 1 saturated carbocycles. The molecule has 1 heterocycles. The predicted molar refractivity (Wildman–Crippen MR) is 151 cm³/mol. The monoisotopic (exact) mass is 558 g/mol. The van der Waals surface area contributed by atoms with Gasteiger partial charge in [-0.15, -0.1) is 0 Å². The highest BCUT2D eigenvalue weighted by Crippen LogP contribution is 2.49. The van der Waals surface area contributed by atoms with E-state index in [1.165, 1.54) is 12.1 Å². The van der Waals surface area contributed by atoms with Gasteiger partial charge in [-0.1, -0.05) is 36.4 Å². The predicted octanol–water partition coefficient (Wildman–Crippen LogP) is 5.25. The summed E-state index contributed by atoms with van der Waals surface area (Å²) in [5, 5.41) is 0. The molecule has 9 heteroatoms. The summed E-state index contributed by atoms with van der Waals surface area (Å²) in [6, 6.07) is 20.3. The van der Waals surface area contributed by atoms with Gasteiger partial charge in [-0.3, -0.25) is 4.79 Å². The zero-order chi connectivity index (χ0) is 27.9. The maximum Gasteiger partial charge on any atom is 0.241 e. The molecule has 1 N–H and O–H groups in total. The minimum absolute atomic E-state index is 0.0190. The number of hydrogen-bond donors (Lipinski definition) is 1. The Kier molecular flexibility index (Phi) is 7.02. The molecule has 0 aliphatic heterocycles. The number of carbonyl (C=O) groups excluding carboxylic acids is 1. The average molecular weight is 559 g/mol. The largest absolute Gasteiger partial charge is 0.337 e. The highest BCUT2D eigenvalue weighted by atomic mass is 32.2. The fraction of sp³-hybridized carbons (Fsp3) is 0.290. The van der Waals surface area contributed by atoms with Crippen LogP contribution in [0.4, 0.5) is 10.1 Å². The van der Waals surface area contributed by atoms with E-state index in [0.717, 1.165) is 35.4 Å². The van der Waals surface area contributed by atoms with Gasteiger partial charge in [0, 0.05) is 37.1 Å². The van der Waals surface area contributed by atoms with Crippen molar-refractivity contribution in [2.75, 3.05) is 4.90 Å². The molecule has 206 valence electrons. The van der Waals surface area contributed by atoms with Gasteiger partial charge in [-0.2, -0.15) is 0 Å². The molecule has 0 bridgehead atoms. The van der Waals surface area contributed by atoms with Gasteiger partial charge in [-0.25, -0.2) is 22.5 Å². The molecule has 2 aliphatic carbocycles. The summed E-state index contributed by atoms with van der Waals surface area (Å²) in [5.41, 5.74) is 3.64. The molecule has 0 saturated heterocycles. The highest BCUT2D eigenvalue weighted by Gasteiger charge is 2.46. The molecule has 3 unspecified atom stereocenters. The quantitative estimate of drug-likeness (QED) is 0.320. The van der Waals surface area contributed by atoms with Crippen LogP contribution in [0.1, 0.15) is 53.7 Å². The molecule has 7 nitrogen and oxygen atoms in total. The van der Waals surface area contributed by atoms with Crippen LogP contribution in [0.2, 0.25) is 0 Å². The molecule has 1 aromatic heterocycles. The summed E-state index contributed by atoms with van der Waals surface area (Å²) in [7, 11) is -1.82. The number of amides is 1. The lowest BCUT2D eigenvalue weighted by Crippen LogP contribution is -2.34. The van der Waals surface area contributed by atoms with Crippen LogP contribution in [0.3, 0.4) is 0 Å². The van der Waals surface area contributed by atoms with E-state index in [9.17, 15) is 17.6 Å². The van der Waals surface area contributed by atoms with Crippen molar-refractivity contribution >= 4 is 21.6 Å². The van der Waals surface area contributed by atoms with Gasteiger partial charge < -0.3 is 9.47 Å². The van der Waals surface area contributed by atoms with Crippen LogP contribution in [-0.4, -0.2) is 23.9 Å². The van der Waals surface area contributed by atoms with Crippen LogP contribution < -0.4 is 9.62 Å². The molecule has 0 spiro atoms. The van der Waals surface area contributed by atoms with Crippen molar-refractivity contribution in [1.82, 2.24) is 14.3 Å². The summed E-state index contributed by atoms with van der Waals surface area (Å²) in [6.45, 7) is 0.286. The van der Waals surface area contributed by atoms with Gasteiger partial charge >= 0.3 is 0 Å². The van der Waals surface area contributed by atoms with Gasteiger partial charge in [0.25, 0.3) is 0 Å². The Hall–Kier alpha value is -3.82. The first-order chi connectivity index (χ1) is 19.3. The first kappa shape index (κ1) is 26.4. The van der Waals surface area contributed by atoms with Crippen LogP contribution in [0.25, 0.3) is 0 Å². The Labute approximate surface area is 233 Å². The third-order valence-electron chi connectivity index (χ3n) is 8.00. The maximum absolute atomic E-state index is 14.0. The number of benzene rings is 3. The Morgan fingerprint density at radius 3 is 2.60 bits per heavy atom. The van der Waals surface area contributed by atoms with Crippen LogP contribution in [0.5, 0.6) is 0 Å². The number of halogens is 1. The smallest absolute Gasteiger partial charge is 0.241 e. The van der Waals surface area contributed by atoms with E-state index in [-0.39, 0.29) is 35.0 Å². The zero-order valence-corrected chi connectivity index (χ0v) is 23.0. The van der Waals surface area contributed by atoms with Crippen LogP contribution in [0.15, 0.2) is 90.1 Å². The van der Waals surface area contributed by atoms with Crippen LogP contribution in [-0.2, 0) is 34.8 Å². The molecule has 3 atom stereocenters. The van der Waals surface area contributed by atoms with Crippen LogP contribution in [0, 0.1) is 11.7 Å². The standard InChI is InChI=1S/C31H31FN4O3S/c1-35-17-16-33-30(35)20-36(31(37)28-19-26(28)22-10-13-23(32)14-11-22)24-15-12-21-6-5-9-29(27(21)18-24)34-40(38,39)25-7-3-2-4-8-25/h2-4,7-8,10-18,26,28-29,34H,5-6,9,19-20H2,1H3. The van der Waals surface area contributed by atoms with Crippen molar-refractivity contribution in [2.24, 2.45) is 13.0 Å². The van der Waals surface area contributed by atoms with Crippen molar-refractivity contribution in [1.29, 1.82) is 0 Å². The number of anilines is 1. The molecule has 1 amide bonds. The molecular formula is C31H31FN4O3S. The second-order valence-corrected chi connectivity index (χ2v) is 12.4. The second-order valence-electron chi connectivity index (χ2n) is 10.6. The zero-order valence-electron chi connectivity index (χ0n) is 22.2. The van der Waals surface area contributed by atoms with E-state index in [2.05, 4.69) is 9.71 Å². The van der Waals surface area contributed by atoms with E-state index >= 15 is 0 Å². The minimum atomic E-state index is -3.71. The summed E-state index contributed by atoms with van der Waals surface area (Å²) in [5.74, 6) is 0.255. The third-order valence-corrected chi connectivity index (χ3v) is 9.49. The number of sulfonamides is 1. The maximum atomic E-state index is 14.0. The second kappa shape index (κ2) is 10.6. The fourth-order valence-corrected chi connectivity index (χ4v) is 6.94. The summed E-state index contributed by atoms with van der Waals surface area (Å²) in [4.78, 5) is 20.4. The fourth-order valence-electron chi connectivity index (χ4n) is 5.66. The topological polar surface area (TPSA) is 84.3 Å². The number of hydrogen-bond acceptors (Lipinski definition) is 4. The average Bonchev–Trinajstić information content (AvgIpc) is 3.66. The first-order valence-electron chi connectivity index (χ1n) is 13.5. The number of fused-ring (bicyclic) bond motifs is 1. The number of carbonyl (C=O) groups is 1. The SMILES string of the molecule is Cn1ccnc1CN(C(=O)C1CC1c1ccc(F)cc1)c1ccc2c(c1)C(NS(=O)(=O)c1ccccc1)CCC2. The van der Waals surface area contributed by atoms with Gasteiger partial charge in [0.2, 0.25) is 15.9 Å². The summed E-state index contributed by atoms with van der Waals surface area (Å²) in [6.07, 6.45) is 6.64. The molecular weight excluding hydrogens is 527 g/mol. The Balaban J connectivity index is 1.31. The van der Waals surface area contributed by atoms with E-state index in [0.29, 0.717) is 18.5 Å². The molecule has 6 rings (SSSR count). The number of nitrogens with zero attached hydrogens (tertiary/aromatic N) is 3.